The lowest BCUT2D eigenvalue weighted by atomic mass is 10.1. The number of aromatic amines is 1. The zero-order valence-corrected chi connectivity index (χ0v) is 15.0. The van der Waals surface area contributed by atoms with E-state index in [0.29, 0.717) is 16.8 Å². The van der Waals surface area contributed by atoms with Gasteiger partial charge in [-0.15, -0.1) is 10.2 Å². The number of aromatic hydroxyl groups is 1. The van der Waals surface area contributed by atoms with Crippen molar-refractivity contribution in [1.29, 1.82) is 0 Å². The second-order valence-corrected chi connectivity index (χ2v) is 6.42. The normalized spacial score (nSPS) is 11.5. The largest absolute Gasteiger partial charge is 0.505 e. The number of fused-ring (bicyclic) bond motifs is 1. The number of nitrogens with zero attached hydrogens (tertiary/aromatic N) is 3. The van der Waals surface area contributed by atoms with E-state index in [-0.39, 0.29) is 17.0 Å². The van der Waals surface area contributed by atoms with Crippen molar-refractivity contribution < 1.29 is 5.11 Å². The van der Waals surface area contributed by atoms with E-state index < -0.39 is 0 Å². The van der Waals surface area contributed by atoms with Crippen LogP contribution in [0.4, 0.5) is 11.4 Å². The van der Waals surface area contributed by atoms with E-state index in [4.69, 9.17) is 0 Å². The molecule has 4 rings (SSSR count). The summed E-state index contributed by atoms with van der Waals surface area (Å²) in [6.07, 6.45) is 0. The Balaban J connectivity index is 1.74. The minimum absolute atomic E-state index is 0.0453. The molecule has 0 aliphatic heterocycles. The van der Waals surface area contributed by atoms with Gasteiger partial charge in [-0.3, -0.25) is 9.89 Å². The first-order valence-electron chi connectivity index (χ1n) is 8.56. The summed E-state index contributed by atoms with van der Waals surface area (Å²) >= 11 is 0. The first kappa shape index (κ1) is 16.8. The van der Waals surface area contributed by atoms with Crippen molar-refractivity contribution in [3.05, 3.63) is 82.3 Å². The average Bonchev–Trinajstić information content (AvgIpc) is 2.96. The van der Waals surface area contributed by atoms with Gasteiger partial charge in [0, 0.05) is 5.39 Å². The molecule has 0 fully saturated rings. The molecule has 0 bridgehead atoms. The van der Waals surface area contributed by atoms with Crippen molar-refractivity contribution in [2.75, 3.05) is 0 Å². The average molecular weight is 358 g/mol. The second-order valence-electron chi connectivity index (χ2n) is 6.42. The Hall–Kier alpha value is -3.67. The van der Waals surface area contributed by atoms with Crippen LogP contribution < -0.4 is 5.56 Å². The molecule has 0 saturated heterocycles. The zero-order chi connectivity index (χ0) is 19.0. The summed E-state index contributed by atoms with van der Waals surface area (Å²) in [5.41, 5.74) is 2.68. The summed E-state index contributed by atoms with van der Waals surface area (Å²) in [4.78, 5) is 12.7. The third-order valence-electron chi connectivity index (χ3n) is 4.47. The summed E-state index contributed by atoms with van der Waals surface area (Å²) in [5.74, 6) is 0.0453. The summed E-state index contributed by atoms with van der Waals surface area (Å²) < 4.78 is 1.43. The van der Waals surface area contributed by atoms with E-state index in [1.165, 1.54) is 4.68 Å². The predicted octanol–water partition coefficient (Wildman–Crippen LogP) is 5.06. The van der Waals surface area contributed by atoms with Gasteiger partial charge in [-0.1, -0.05) is 48.0 Å². The van der Waals surface area contributed by atoms with Crippen LogP contribution in [-0.2, 0) is 0 Å². The summed E-state index contributed by atoms with van der Waals surface area (Å²) in [7, 11) is 0. The smallest absolute Gasteiger partial charge is 0.299 e. The van der Waals surface area contributed by atoms with Crippen molar-refractivity contribution in [2.24, 2.45) is 10.2 Å². The number of aryl methyl sites for hydroxylation is 2. The molecule has 0 saturated carbocycles. The van der Waals surface area contributed by atoms with Crippen LogP contribution in [0.2, 0.25) is 0 Å². The molecule has 3 aromatic carbocycles. The van der Waals surface area contributed by atoms with Gasteiger partial charge in [-0.05, 0) is 37.4 Å². The highest BCUT2D eigenvalue weighted by molar-refractivity contribution is 5.92. The Bertz CT molecular complexity index is 1220. The van der Waals surface area contributed by atoms with Crippen molar-refractivity contribution in [3.8, 4) is 11.4 Å². The van der Waals surface area contributed by atoms with Crippen LogP contribution >= 0.6 is 0 Å². The highest BCUT2D eigenvalue weighted by atomic mass is 16.3. The quantitative estimate of drug-likeness (QED) is 0.502. The van der Waals surface area contributed by atoms with Gasteiger partial charge in [-0.25, -0.2) is 4.68 Å². The number of H-pyrrole nitrogens is 1. The summed E-state index contributed by atoms with van der Waals surface area (Å²) in [6, 6.07) is 18.6. The van der Waals surface area contributed by atoms with Crippen LogP contribution in [0, 0.1) is 13.8 Å². The molecule has 27 heavy (non-hydrogen) atoms. The molecule has 1 heterocycles. The molecule has 2 N–H and O–H groups in total. The number of nitrogens with one attached hydrogen (secondary N) is 1. The lowest BCUT2D eigenvalue weighted by Gasteiger charge is -2.02. The lowest BCUT2D eigenvalue weighted by molar-refractivity contribution is 0.482. The standard InChI is InChI=1S/C21H18N4O2/c1-13-7-10-16(11-8-13)25-21(27)19(14(2)24-25)23-22-18-12-9-15-5-3-4-6-17(15)20(18)26/h3-12,24,26H,1-2H3. The number of aromatic nitrogens is 2. The third-order valence-corrected chi connectivity index (χ3v) is 4.47. The molecule has 6 heteroatoms. The number of rotatable bonds is 3. The number of benzene rings is 3. The first-order chi connectivity index (χ1) is 13.0. The van der Waals surface area contributed by atoms with Gasteiger partial charge in [0.15, 0.2) is 11.4 Å². The van der Waals surface area contributed by atoms with E-state index in [2.05, 4.69) is 15.3 Å². The van der Waals surface area contributed by atoms with Gasteiger partial charge >= 0.3 is 0 Å². The van der Waals surface area contributed by atoms with E-state index in [9.17, 15) is 9.90 Å². The Labute approximate surface area is 155 Å². The Morgan fingerprint density at radius 1 is 0.926 bits per heavy atom. The van der Waals surface area contributed by atoms with Gasteiger partial charge in [0.2, 0.25) is 0 Å². The van der Waals surface area contributed by atoms with Gasteiger partial charge in [-0.2, -0.15) is 0 Å². The van der Waals surface area contributed by atoms with Gasteiger partial charge < -0.3 is 5.11 Å². The molecule has 0 unspecified atom stereocenters. The van der Waals surface area contributed by atoms with Gasteiger partial charge in [0.05, 0.1) is 11.4 Å². The molecule has 0 radical (unpaired) electrons. The second kappa shape index (κ2) is 6.57. The van der Waals surface area contributed by atoms with E-state index in [1.807, 2.05) is 61.5 Å². The van der Waals surface area contributed by atoms with E-state index in [1.54, 1.807) is 13.0 Å². The molecular formula is C21H18N4O2. The molecule has 0 aliphatic carbocycles. The van der Waals surface area contributed by atoms with Crippen molar-refractivity contribution >= 4 is 22.1 Å². The zero-order valence-electron chi connectivity index (χ0n) is 15.0. The summed E-state index contributed by atoms with van der Waals surface area (Å²) in [5, 5.41) is 23.3. The fraction of sp³-hybridized carbons (Fsp3) is 0.0952. The highest BCUT2D eigenvalue weighted by Gasteiger charge is 2.13. The third kappa shape index (κ3) is 3.01. The molecule has 6 nitrogen and oxygen atoms in total. The van der Waals surface area contributed by atoms with Crippen molar-refractivity contribution in [1.82, 2.24) is 9.78 Å². The van der Waals surface area contributed by atoms with Crippen LogP contribution in [0.5, 0.6) is 5.75 Å². The minimum Gasteiger partial charge on any atom is -0.505 e. The van der Waals surface area contributed by atoms with E-state index in [0.717, 1.165) is 16.6 Å². The van der Waals surface area contributed by atoms with E-state index >= 15 is 0 Å². The summed E-state index contributed by atoms with van der Waals surface area (Å²) in [6.45, 7) is 3.75. The highest BCUT2D eigenvalue weighted by Crippen LogP contribution is 2.35. The maximum absolute atomic E-state index is 12.7. The van der Waals surface area contributed by atoms with Crippen LogP contribution in [0.1, 0.15) is 11.3 Å². The van der Waals surface area contributed by atoms with Crippen LogP contribution in [0.3, 0.4) is 0 Å². The Morgan fingerprint density at radius 2 is 1.67 bits per heavy atom. The van der Waals surface area contributed by atoms with Crippen molar-refractivity contribution in [3.63, 3.8) is 0 Å². The molecule has 0 amide bonds. The molecule has 0 atom stereocenters. The Morgan fingerprint density at radius 3 is 2.44 bits per heavy atom. The monoisotopic (exact) mass is 358 g/mol. The van der Waals surface area contributed by atoms with Crippen LogP contribution in [-0.4, -0.2) is 14.9 Å². The molecule has 1 aromatic heterocycles. The van der Waals surface area contributed by atoms with Gasteiger partial charge in [0.1, 0.15) is 5.69 Å². The van der Waals surface area contributed by atoms with Gasteiger partial charge in [0.25, 0.3) is 5.56 Å². The maximum atomic E-state index is 12.7. The fourth-order valence-corrected chi connectivity index (χ4v) is 2.96. The number of hydrogen-bond donors (Lipinski definition) is 2. The van der Waals surface area contributed by atoms with Crippen LogP contribution in [0.15, 0.2) is 75.7 Å². The number of phenolic OH excluding ortho intramolecular Hbond substituents is 1. The topological polar surface area (TPSA) is 82.7 Å². The Kier molecular flexibility index (Phi) is 4.08. The molecule has 134 valence electrons. The van der Waals surface area contributed by atoms with Crippen LogP contribution in [0.25, 0.3) is 16.5 Å². The van der Waals surface area contributed by atoms with Crippen molar-refractivity contribution in [2.45, 2.75) is 13.8 Å². The number of phenols is 1. The number of azo groups is 1. The minimum atomic E-state index is -0.291. The molecule has 0 aliphatic rings. The lowest BCUT2D eigenvalue weighted by Crippen LogP contribution is -2.13. The predicted molar refractivity (Wildman–Crippen MR) is 106 cm³/mol. The SMILES string of the molecule is Cc1ccc(-n2[nH]c(C)c(N=Nc3ccc4ccccc4c3O)c2=O)cc1. The fourth-order valence-electron chi connectivity index (χ4n) is 2.96. The maximum Gasteiger partial charge on any atom is 0.299 e. The molecule has 4 aromatic rings. The first-order valence-corrected chi connectivity index (χ1v) is 8.56. The molecular weight excluding hydrogens is 340 g/mol. The number of hydrogen-bond acceptors (Lipinski definition) is 4. The molecule has 0 spiro atoms.